The highest BCUT2D eigenvalue weighted by molar-refractivity contribution is 5.90. The molecular weight excluding hydrogens is 384 g/mol. The minimum atomic E-state index is -1.13. The third-order valence-corrected chi connectivity index (χ3v) is 5.40. The first-order valence-electron chi connectivity index (χ1n) is 9.84. The van der Waals surface area contributed by atoms with Gasteiger partial charge in [-0.2, -0.15) is 0 Å². The van der Waals surface area contributed by atoms with Gasteiger partial charge in [-0.25, -0.2) is 4.98 Å². The van der Waals surface area contributed by atoms with Crippen LogP contribution in [0.1, 0.15) is 30.3 Å². The Bertz CT molecular complexity index is 1160. The first-order valence-corrected chi connectivity index (χ1v) is 9.84. The molecule has 8 nitrogen and oxygen atoms in total. The molecule has 1 amide bonds. The minimum absolute atomic E-state index is 0.223. The zero-order valence-electron chi connectivity index (χ0n) is 16.9. The molecule has 2 unspecified atom stereocenters. The Labute approximate surface area is 173 Å². The van der Waals surface area contributed by atoms with E-state index in [1.54, 1.807) is 20.1 Å². The average molecular weight is 408 g/mol. The molecule has 0 saturated carbocycles. The van der Waals surface area contributed by atoms with Gasteiger partial charge in [0.15, 0.2) is 0 Å². The minimum Gasteiger partial charge on any atom is -0.497 e. The molecule has 0 bridgehead atoms. The second-order valence-corrected chi connectivity index (χ2v) is 7.36. The lowest BCUT2D eigenvalue weighted by Crippen LogP contribution is -2.48. The van der Waals surface area contributed by atoms with Crippen molar-refractivity contribution < 1.29 is 14.6 Å². The van der Waals surface area contributed by atoms with Crippen molar-refractivity contribution in [2.75, 3.05) is 12.4 Å². The molecular formula is C22H24N4O4. The number of aromatic nitrogens is 2. The highest BCUT2D eigenvalue weighted by atomic mass is 16.5. The SMILES string of the molecule is COc1cccc(CNc2cccc3nc(C)n(C4CCC(=O)NC4O)c(=O)c23)c1. The van der Waals surface area contributed by atoms with Gasteiger partial charge < -0.3 is 20.5 Å². The lowest BCUT2D eigenvalue weighted by atomic mass is 10.0. The van der Waals surface area contributed by atoms with E-state index in [4.69, 9.17) is 4.74 Å². The predicted octanol–water partition coefficient (Wildman–Crippen LogP) is 2.10. The third kappa shape index (κ3) is 3.73. The topological polar surface area (TPSA) is 105 Å². The Morgan fingerprint density at radius 1 is 1.27 bits per heavy atom. The predicted molar refractivity (Wildman–Crippen MR) is 113 cm³/mol. The summed E-state index contributed by atoms with van der Waals surface area (Å²) in [5.74, 6) is 1.04. The Balaban J connectivity index is 1.72. The van der Waals surface area contributed by atoms with Crippen LogP contribution >= 0.6 is 0 Å². The van der Waals surface area contributed by atoms with Gasteiger partial charge in [0.1, 0.15) is 17.8 Å². The van der Waals surface area contributed by atoms with Gasteiger partial charge in [0.2, 0.25) is 5.91 Å². The van der Waals surface area contributed by atoms with Crippen molar-refractivity contribution in [3.63, 3.8) is 0 Å². The van der Waals surface area contributed by atoms with E-state index in [0.29, 0.717) is 35.4 Å². The second kappa shape index (κ2) is 8.16. The molecule has 4 rings (SSSR count). The molecule has 0 aliphatic carbocycles. The molecule has 2 atom stereocenters. The van der Waals surface area contributed by atoms with Gasteiger partial charge in [-0.1, -0.05) is 18.2 Å². The molecule has 30 heavy (non-hydrogen) atoms. The molecule has 1 aromatic heterocycles. The number of nitrogens with one attached hydrogen (secondary N) is 2. The van der Waals surface area contributed by atoms with Crippen LogP contribution in [0.3, 0.4) is 0 Å². The van der Waals surface area contributed by atoms with E-state index in [9.17, 15) is 14.7 Å². The average Bonchev–Trinajstić information content (AvgIpc) is 2.73. The molecule has 8 heteroatoms. The van der Waals surface area contributed by atoms with Crippen molar-refractivity contribution in [2.45, 2.75) is 38.6 Å². The molecule has 2 heterocycles. The van der Waals surface area contributed by atoms with Crippen molar-refractivity contribution in [1.82, 2.24) is 14.9 Å². The highest BCUT2D eigenvalue weighted by Crippen LogP contribution is 2.25. The summed E-state index contributed by atoms with van der Waals surface area (Å²) in [7, 11) is 1.62. The van der Waals surface area contributed by atoms with Gasteiger partial charge in [0.25, 0.3) is 5.56 Å². The van der Waals surface area contributed by atoms with Gasteiger partial charge in [0, 0.05) is 18.7 Å². The number of nitrogens with zero attached hydrogens (tertiary/aromatic N) is 2. The molecule has 2 aromatic carbocycles. The number of aliphatic hydroxyl groups is 1. The second-order valence-electron chi connectivity index (χ2n) is 7.36. The van der Waals surface area contributed by atoms with Gasteiger partial charge in [-0.05, 0) is 43.2 Å². The maximum Gasteiger partial charge on any atom is 0.263 e. The number of carbonyl (C=O) groups is 1. The van der Waals surface area contributed by atoms with E-state index in [1.165, 1.54) is 4.57 Å². The summed E-state index contributed by atoms with van der Waals surface area (Å²) < 4.78 is 6.75. The Hall–Kier alpha value is -3.39. The molecule has 1 aliphatic heterocycles. The number of piperidine rings is 1. The molecule has 0 radical (unpaired) electrons. The van der Waals surface area contributed by atoms with Crippen molar-refractivity contribution in [3.05, 3.63) is 64.2 Å². The van der Waals surface area contributed by atoms with E-state index >= 15 is 0 Å². The number of hydrogen-bond donors (Lipinski definition) is 3. The lowest BCUT2D eigenvalue weighted by molar-refractivity contribution is -0.128. The van der Waals surface area contributed by atoms with Gasteiger partial charge in [-0.3, -0.25) is 14.2 Å². The number of rotatable bonds is 5. The van der Waals surface area contributed by atoms with Crippen LogP contribution in [0.15, 0.2) is 47.3 Å². The molecule has 1 fully saturated rings. The van der Waals surface area contributed by atoms with Crippen molar-refractivity contribution in [2.24, 2.45) is 0 Å². The fourth-order valence-corrected chi connectivity index (χ4v) is 3.91. The number of hydrogen-bond acceptors (Lipinski definition) is 6. The van der Waals surface area contributed by atoms with Crippen molar-refractivity contribution >= 4 is 22.5 Å². The fourth-order valence-electron chi connectivity index (χ4n) is 3.91. The Morgan fingerprint density at radius 3 is 2.83 bits per heavy atom. The zero-order valence-corrected chi connectivity index (χ0v) is 16.9. The lowest BCUT2D eigenvalue weighted by Gasteiger charge is -2.31. The summed E-state index contributed by atoms with van der Waals surface area (Å²) in [4.78, 5) is 29.6. The molecule has 0 spiro atoms. The number of ether oxygens (including phenoxy) is 1. The smallest absolute Gasteiger partial charge is 0.263 e. The van der Waals surface area contributed by atoms with Crippen molar-refractivity contribution in [3.8, 4) is 5.75 Å². The maximum atomic E-state index is 13.4. The van der Waals surface area contributed by atoms with Crippen LogP contribution in [0.5, 0.6) is 5.75 Å². The van der Waals surface area contributed by atoms with E-state index in [-0.39, 0.29) is 17.9 Å². The normalized spacial score (nSPS) is 18.8. The van der Waals surface area contributed by atoms with Crippen LogP contribution in [-0.2, 0) is 11.3 Å². The zero-order chi connectivity index (χ0) is 21.3. The largest absolute Gasteiger partial charge is 0.497 e. The van der Waals surface area contributed by atoms with Gasteiger partial charge in [0.05, 0.1) is 24.1 Å². The first kappa shape index (κ1) is 19.9. The third-order valence-electron chi connectivity index (χ3n) is 5.40. The Kier molecular flexibility index (Phi) is 5.41. The number of methoxy groups -OCH3 is 1. The molecule has 1 aliphatic rings. The summed E-state index contributed by atoms with van der Waals surface area (Å²) in [6.07, 6.45) is -0.499. The molecule has 1 saturated heterocycles. The number of amides is 1. The highest BCUT2D eigenvalue weighted by Gasteiger charge is 2.30. The molecule has 3 N–H and O–H groups in total. The van der Waals surface area contributed by atoms with E-state index in [1.807, 2.05) is 36.4 Å². The van der Waals surface area contributed by atoms with Gasteiger partial charge >= 0.3 is 0 Å². The maximum absolute atomic E-state index is 13.4. The van der Waals surface area contributed by atoms with E-state index in [0.717, 1.165) is 11.3 Å². The molecule has 3 aromatic rings. The first-order chi connectivity index (χ1) is 14.5. The number of aliphatic hydroxyl groups excluding tert-OH is 1. The number of carbonyl (C=O) groups excluding carboxylic acids is 1. The van der Waals surface area contributed by atoms with Crippen LogP contribution in [0, 0.1) is 6.92 Å². The van der Waals surface area contributed by atoms with Crippen LogP contribution in [0.2, 0.25) is 0 Å². The van der Waals surface area contributed by atoms with E-state index < -0.39 is 12.3 Å². The summed E-state index contributed by atoms with van der Waals surface area (Å²) in [6, 6.07) is 12.6. The summed E-state index contributed by atoms with van der Waals surface area (Å²) in [6.45, 7) is 2.24. The molecule has 156 valence electrons. The monoisotopic (exact) mass is 408 g/mol. The number of benzene rings is 2. The van der Waals surface area contributed by atoms with Crippen LogP contribution < -0.4 is 20.9 Å². The van der Waals surface area contributed by atoms with Crippen LogP contribution in [-0.4, -0.2) is 33.9 Å². The number of anilines is 1. The summed E-state index contributed by atoms with van der Waals surface area (Å²) in [5.41, 5.74) is 2.01. The quantitative estimate of drug-likeness (QED) is 0.597. The Morgan fingerprint density at radius 2 is 2.07 bits per heavy atom. The summed E-state index contributed by atoms with van der Waals surface area (Å²) in [5, 5.41) is 16.6. The van der Waals surface area contributed by atoms with Crippen LogP contribution in [0.4, 0.5) is 5.69 Å². The number of fused-ring (bicyclic) bond motifs is 1. The van der Waals surface area contributed by atoms with Crippen molar-refractivity contribution in [1.29, 1.82) is 0 Å². The standard InChI is InChI=1S/C22H24N4O4/c1-13-24-17-8-4-7-16(23-12-14-5-3-6-15(11-14)30-2)20(17)22(29)26(13)18-9-10-19(27)25-21(18)28/h3-8,11,18,21,23,28H,9-10,12H2,1-2H3,(H,25,27). The number of aryl methyl sites for hydroxylation is 1. The summed E-state index contributed by atoms with van der Waals surface area (Å²) >= 11 is 0. The fraction of sp³-hybridized carbons (Fsp3) is 0.318. The van der Waals surface area contributed by atoms with Gasteiger partial charge in [-0.15, -0.1) is 0 Å². The van der Waals surface area contributed by atoms with E-state index in [2.05, 4.69) is 15.6 Å². The van der Waals surface area contributed by atoms with Crippen LogP contribution in [0.25, 0.3) is 10.9 Å².